The van der Waals surface area contributed by atoms with Gasteiger partial charge in [0.1, 0.15) is 5.75 Å². The molecule has 27 heavy (non-hydrogen) atoms. The molecule has 3 aromatic rings. The zero-order chi connectivity index (χ0) is 18.6. The number of nitrogen functional groups attached to an aromatic ring is 1. The molecule has 4 rings (SSSR count). The lowest BCUT2D eigenvalue weighted by Crippen LogP contribution is -2.18. The molecule has 1 aliphatic heterocycles. The molecule has 0 unspecified atom stereocenters. The van der Waals surface area contributed by atoms with Crippen molar-refractivity contribution >= 4 is 28.4 Å². The molecule has 0 atom stereocenters. The summed E-state index contributed by atoms with van der Waals surface area (Å²) >= 11 is 0. The average Bonchev–Trinajstić information content (AvgIpc) is 2.70. The van der Waals surface area contributed by atoms with Gasteiger partial charge in [-0.3, -0.25) is 0 Å². The second-order valence-corrected chi connectivity index (χ2v) is 6.85. The Morgan fingerprint density at radius 2 is 1.85 bits per heavy atom. The third-order valence-corrected chi connectivity index (χ3v) is 5.02. The van der Waals surface area contributed by atoms with Gasteiger partial charge in [0.05, 0.1) is 18.1 Å². The van der Waals surface area contributed by atoms with E-state index >= 15 is 0 Å². The van der Waals surface area contributed by atoms with E-state index < -0.39 is 0 Å². The Kier molecular flexibility index (Phi) is 5.07. The summed E-state index contributed by atoms with van der Waals surface area (Å²) < 4.78 is 10.9. The summed E-state index contributed by atoms with van der Waals surface area (Å²) in [5.41, 5.74) is 9.92. The lowest BCUT2D eigenvalue weighted by molar-refractivity contribution is 0.0666. The number of para-hydroxylation sites is 2. The molecule has 1 saturated heterocycles. The molecule has 1 fully saturated rings. The molecule has 0 amide bonds. The fourth-order valence-electron chi connectivity index (χ4n) is 3.47. The van der Waals surface area contributed by atoms with Crippen molar-refractivity contribution in [2.24, 2.45) is 5.92 Å². The van der Waals surface area contributed by atoms with E-state index in [0.717, 1.165) is 54.9 Å². The normalized spacial score (nSPS) is 15.0. The highest BCUT2D eigenvalue weighted by atomic mass is 16.5. The zero-order valence-corrected chi connectivity index (χ0v) is 15.4. The SMILES string of the molecule is COc1ccc(CC2CCOCC2)c(Nc2nc3ccccc3nc2N)c1. The molecule has 2 aromatic carbocycles. The Bertz CT molecular complexity index is 939. The smallest absolute Gasteiger partial charge is 0.174 e. The van der Waals surface area contributed by atoms with Gasteiger partial charge in [0.2, 0.25) is 0 Å². The summed E-state index contributed by atoms with van der Waals surface area (Å²) in [6.07, 6.45) is 3.16. The third kappa shape index (κ3) is 3.95. The summed E-state index contributed by atoms with van der Waals surface area (Å²) in [6.45, 7) is 1.68. The molecule has 2 heterocycles. The highest BCUT2D eigenvalue weighted by Crippen LogP contribution is 2.31. The summed E-state index contributed by atoms with van der Waals surface area (Å²) in [7, 11) is 1.67. The van der Waals surface area contributed by atoms with Crippen molar-refractivity contribution in [3.05, 3.63) is 48.0 Å². The molecule has 140 valence electrons. The van der Waals surface area contributed by atoms with Crippen LogP contribution in [0.15, 0.2) is 42.5 Å². The number of aromatic nitrogens is 2. The van der Waals surface area contributed by atoms with Crippen LogP contribution in [0.4, 0.5) is 17.3 Å². The van der Waals surface area contributed by atoms with Crippen LogP contribution in [0.25, 0.3) is 11.0 Å². The van der Waals surface area contributed by atoms with Crippen LogP contribution in [0.1, 0.15) is 18.4 Å². The second-order valence-electron chi connectivity index (χ2n) is 6.85. The number of fused-ring (bicyclic) bond motifs is 1. The molecule has 0 radical (unpaired) electrons. The molecule has 0 aliphatic carbocycles. The van der Waals surface area contributed by atoms with E-state index in [1.807, 2.05) is 36.4 Å². The number of hydrogen-bond donors (Lipinski definition) is 2. The maximum Gasteiger partial charge on any atom is 0.174 e. The Labute approximate surface area is 158 Å². The van der Waals surface area contributed by atoms with E-state index in [0.29, 0.717) is 17.6 Å². The van der Waals surface area contributed by atoms with Gasteiger partial charge >= 0.3 is 0 Å². The average molecular weight is 364 g/mol. The number of anilines is 3. The minimum Gasteiger partial charge on any atom is -0.497 e. The largest absolute Gasteiger partial charge is 0.497 e. The number of rotatable bonds is 5. The number of hydrogen-bond acceptors (Lipinski definition) is 6. The molecular formula is C21H24N4O2. The van der Waals surface area contributed by atoms with Gasteiger partial charge in [0, 0.05) is 25.0 Å². The van der Waals surface area contributed by atoms with Gasteiger partial charge in [-0.15, -0.1) is 0 Å². The van der Waals surface area contributed by atoms with Crippen molar-refractivity contribution in [3.8, 4) is 5.75 Å². The van der Waals surface area contributed by atoms with Gasteiger partial charge in [-0.1, -0.05) is 18.2 Å². The number of nitrogens with one attached hydrogen (secondary N) is 1. The standard InChI is InChI=1S/C21H24N4O2/c1-26-16-7-6-15(12-14-8-10-27-11-9-14)19(13-16)25-21-20(22)23-17-4-2-3-5-18(17)24-21/h2-7,13-14H,8-12H2,1H3,(H2,22,23)(H,24,25). The zero-order valence-electron chi connectivity index (χ0n) is 15.4. The minimum atomic E-state index is 0.383. The minimum absolute atomic E-state index is 0.383. The quantitative estimate of drug-likeness (QED) is 0.714. The predicted octanol–water partition coefficient (Wildman–Crippen LogP) is 3.93. The van der Waals surface area contributed by atoms with Crippen LogP contribution in [0, 0.1) is 5.92 Å². The fraction of sp³-hybridized carbons (Fsp3) is 0.333. The molecule has 0 bridgehead atoms. The number of nitrogens with two attached hydrogens (primary N) is 1. The van der Waals surface area contributed by atoms with E-state index in [1.165, 1.54) is 5.56 Å². The molecule has 6 heteroatoms. The van der Waals surface area contributed by atoms with Crippen molar-refractivity contribution in [2.45, 2.75) is 19.3 Å². The molecule has 1 aromatic heterocycles. The van der Waals surface area contributed by atoms with Gasteiger partial charge in [-0.05, 0) is 48.9 Å². The number of nitrogens with zero attached hydrogens (tertiary/aromatic N) is 2. The second kappa shape index (κ2) is 7.80. The lowest BCUT2D eigenvalue weighted by atomic mass is 9.91. The lowest BCUT2D eigenvalue weighted by Gasteiger charge is -2.23. The van der Waals surface area contributed by atoms with Gasteiger partial charge in [-0.25, -0.2) is 9.97 Å². The molecule has 1 aliphatic rings. The molecule has 0 saturated carbocycles. The highest BCUT2D eigenvalue weighted by molar-refractivity contribution is 5.81. The Hall–Kier alpha value is -2.86. The van der Waals surface area contributed by atoms with Crippen molar-refractivity contribution in [3.63, 3.8) is 0 Å². The maximum absolute atomic E-state index is 6.16. The first-order valence-corrected chi connectivity index (χ1v) is 9.27. The molecule has 6 nitrogen and oxygen atoms in total. The van der Waals surface area contributed by atoms with Crippen LogP contribution in [0.5, 0.6) is 5.75 Å². The first-order valence-electron chi connectivity index (χ1n) is 9.27. The summed E-state index contributed by atoms with van der Waals surface area (Å²) in [5.74, 6) is 2.36. The van der Waals surface area contributed by atoms with Crippen LogP contribution < -0.4 is 15.8 Å². The number of ether oxygens (including phenoxy) is 2. The van der Waals surface area contributed by atoms with Crippen LogP contribution in [0.3, 0.4) is 0 Å². The molecule has 0 spiro atoms. The third-order valence-electron chi connectivity index (χ3n) is 5.02. The Morgan fingerprint density at radius 1 is 1.11 bits per heavy atom. The maximum atomic E-state index is 6.16. The first kappa shape index (κ1) is 17.5. The van der Waals surface area contributed by atoms with Crippen LogP contribution >= 0.6 is 0 Å². The highest BCUT2D eigenvalue weighted by Gasteiger charge is 2.17. The predicted molar refractivity (Wildman–Crippen MR) is 107 cm³/mol. The summed E-state index contributed by atoms with van der Waals surface area (Å²) in [6, 6.07) is 13.8. The topological polar surface area (TPSA) is 82.3 Å². The summed E-state index contributed by atoms with van der Waals surface area (Å²) in [5, 5.41) is 3.39. The molecular weight excluding hydrogens is 340 g/mol. The van der Waals surface area contributed by atoms with E-state index in [-0.39, 0.29) is 0 Å². The van der Waals surface area contributed by atoms with Crippen molar-refractivity contribution in [1.29, 1.82) is 0 Å². The van der Waals surface area contributed by atoms with Gasteiger partial charge in [0.25, 0.3) is 0 Å². The molecule has 3 N–H and O–H groups in total. The van der Waals surface area contributed by atoms with E-state index in [4.69, 9.17) is 15.2 Å². The first-order chi connectivity index (χ1) is 13.2. The monoisotopic (exact) mass is 364 g/mol. The Balaban J connectivity index is 1.66. The van der Waals surface area contributed by atoms with Crippen molar-refractivity contribution in [2.75, 3.05) is 31.4 Å². The number of benzene rings is 2. The van der Waals surface area contributed by atoms with E-state index in [1.54, 1.807) is 7.11 Å². The van der Waals surface area contributed by atoms with E-state index in [2.05, 4.69) is 21.4 Å². The van der Waals surface area contributed by atoms with Gasteiger partial charge in [-0.2, -0.15) is 0 Å². The Morgan fingerprint density at radius 3 is 2.59 bits per heavy atom. The van der Waals surface area contributed by atoms with Crippen molar-refractivity contribution < 1.29 is 9.47 Å². The summed E-state index contributed by atoms with van der Waals surface area (Å²) in [4.78, 5) is 9.12. The van der Waals surface area contributed by atoms with Gasteiger partial charge in [0.15, 0.2) is 11.6 Å². The van der Waals surface area contributed by atoms with Crippen LogP contribution in [-0.4, -0.2) is 30.3 Å². The fourth-order valence-corrected chi connectivity index (χ4v) is 3.47. The number of methoxy groups -OCH3 is 1. The van der Waals surface area contributed by atoms with Gasteiger partial charge < -0.3 is 20.5 Å². The van der Waals surface area contributed by atoms with Crippen LogP contribution in [0.2, 0.25) is 0 Å². The van der Waals surface area contributed by atoms with Crippen LogP contribution in [-0.2, 0) is 11.2 Å². The van der Waals surface area contributed by atoms with Crippen molar-refractivity contribution in [1.82, 2.24) is 9.97 Å². The van der Waals surface area contributed by atoms with E-state index in [9.17, 15) is 0 Å².